The van der Waals surface area contributed by atoms with Crippen LogP contribution in [0.1, 0.15) is 56.4 Å². The maximum atomic E-state index is 13.0. The summed E-state index contributed by atoms with van der Waals surface area (Å²) in [7, 11) is 1.60. The topological polar surface area (TPSA) is 86.8 Å². The molecule has 1 heterocycles. The fourth-order valence-electron chi connectivity index (χ4n) is 3.64. The van der Waals surface area contributed by atoms with Gasteiger partial charge in [-0.3, -0.25) is 24.1 Å². The zero-order valence-electron chi connectivity index (χ0n) is 17.5. The van der Waals surface area contributed by atoms with Crippen LogP contribution in [0.2, 0.25) is 10.0 Å². The number of nitrogens with one attached hydrogen (secondary N) is 1. The molecule has 1 aliphatic carbocycles. The molecule has 1 fully saturated rings. The lowest BCUT2D eigenvalue weighted by Gasteiger charge is -2.26. The zero-order chi connectivity index (χ0) is 23.2. The van der Waals surface area contributed by atoms with Gasteiger partial charge in [0.25, 0.3) is 17.7 Å². The quantitative estimate of drug-likeness (QED) is 0.650. The van der Waals surface area contributed by atoms with Crippen molar-refractivity contribution in [2.24, 2.45) is 0 Å². The number of hydrogen-bond acceptors (Lipinski definition) is 4. The fraction of sp³-hybridized carbons (Fsp3) is 0.304. The van der Waals surface area contributed by atoms with Crippen LogP contribution in [0.4, 0.5) is 0 Å². The zero-order valence-corrected chi connectivity index (χ0v) is 19.0. The van der Waals surface area contributed by atoms with Gasteiger partial charge in [0.1, 0.15) is 6.04 Å². The summed E-state index contributed by atoms with van der Waals surface area (Å²) in [5.41, 5.74) is 1.64. The first kappa shape index (κ1) is 22.3. The number of amides is 4. The summed E-state index contributed by atoms with van der Waals surface area (Å²) in [5.74, 6) is -1.66. The van der Waals surface area contributed by atoms with Gasteiger partial charge in [-0.15, -0.1) is 0 Å². The second-order valence-corrected chi connectivity index (χ2v) is 8.92. The van der Waals surface area contributed by atoms with E-state index >= 15 is 0 Å². The van der Waals surface area contributed by atoms with Gasteiger partial charge in [0.15, 0.2) is 0 Å². The maximum absolute atomic E-state index is 13.0. The molecule has 4 amide bonds. The van der Waals surface area contributed by atoms with E-state index in [1.165, 1.54) is 24.0 Å². The molecular weight excluding hydrogens is 453 g/mol. The number of imide groups is 1. The highest BCUT2D eigenvalue weighted by Crippen LogP contribution is 2.32. The number of halogens is 2. The lowest BCUT2D eigenvalue weighted by Crippen LogP contribution is -2.48. The van der Waals surface area contributed by atoms with Crippen LogP contribution >= 0.6 is 23.2 Å². The smallest absolute Gasteiger partial charge is 0.262 e. The molecule has 1 atom stereocenters. The Balaban J connectivity index is 1.43. The first-order valence-electron chi connectivity index (χ1n) is 10.2. The number of fused-ring (bicyclic) bond motifs is 1. The molecule has 7 nitrogen and oxygen atoms in total. The van der Waals surface area contributed by atoms with Gasteiger partial charge in [0, 0.05) is 25.2 Å². The summed E-state index contributed by atoms with van der Waals surface area (Å²) in [5, 5.41) is 3.26. The van der Waals surface area contributed by atoms with Crippen LogP contribution in [0.5, 0.6) is 0 Å². The Hall–Kier alpha value is -2.90. The Labute approximate surface area is 195 Å². The van der Waals surface area contributed by atoms with Crippen LogP contribution in [-0.4, -0.2) is 52.6 Å². The number of carbonyl (C=O) groups excluding carboxylic acids is 4. The Morgan fingerprint density at radius 3 is 2.09 bits per heavy atom. The molecule has 2 aromatic carbocycles. The second kappa shape index (κ2) is 8.56. The lowest BCUT2D eigenvalue weighted by atomic mass is 10.1. The number of benzene rings is 2. The van der Waals surface area contributed by atoms with E-state index in [9.17, 15) is 19.2 Å². The SMILES string of the molecule is CC(C(=O)N(C)Cc1ccc(C(=O)NC2CC2)cc1)N1C(=O)c2cc(Cl)c(Cl)cc2C1=O. The van der Waals surface area contributed by atoms with Crippen molar-refractivity contribution in [1.82, 2.24) is 15.1 Å². The van der Waals surface area contributed by atoms with Gasteiger partial charge < -0.3 is 10.2 Å². The third-order valence-electron chi connectivity index (χ3n) is 5.63. The van der Waals surface area contributed by atoms with Crippen LogP contribution in [0.15, 0.2) is 36.4 Å². The molecule has 0 radical (unpaired) electrons. The summed E-state index contributed by atoms with van der Waals surface area (Å²) in [6, 6.07) is 8.96. The Bertz CT molecular complexity index is 1090. The highest BCUT2D eigenvalue weighted by molar-refractivity contribution is 6.43. The molecule has 1 N–H and O–H groups in total. The predicted octanol–water partition coefficient (Wildman–Crippen LogP) is 3.53. The van der Waals surface area contributed by atoms with Crippen LogP contribution in [0.25, 0.3) is 0 Å². The van der Waals surface area contributed by atoms with E-state index in [0.717, 1.165) is 23.3 Å². The van der Waals surface area contributed by atoms with E-state index in [-0.39, 0.29) is 39.7 Å². The number of rotatable bonds is 6. The molecular formula is C23H21Cl2N3O4. The van der Waals surface area contributed by atoms with Crippen LogP contribution in [-0.2, 0) is 11.3 Å². The molecule has 1 aliphatic heterocycles. The normalized spacial score (nSPS) is 16.1. The second-order valence-electron chi connectivity index (χ2n) is 8.11. The molecule has 32 heavy (non-hydrogen) atoms. The number of carbonyl (C=O) groups is 4. The molecule has 1 unspecified atom stereocenters. The molecule has 0 aromatic heterocycles. The van der Waals surface area contributed by atoms with Crippen molar-refractivity contribution in [3.63, 3.8) is 0 Å². The summed E-state index contributed by atoms with van der Waals surface area (Å²) in [4.78, 5) is 53.0. The van der Waals surface area contributed by atoms with Crippen molar-refractivity contribution in [2.75, 3.05) is 7.05 Å². The van der Waals surface area contributed by atoms with Gasteiger partial charge in [0.2, 0.25) is 5.91 Å². The minimum Gasteiger partial charge on any atom is -0.349 e. The molecule has 0 bridgehead atoms. The summed E-state index contributed by atoms with van der Waals surface area (Å²) >= 11 is 12.0. The fourth-order valence-corrected chi connectivity index (χ4v) is 3.97. The predicted molar refractivity (Wildman–Crippen MR) is 120 cm³/mol. The van der Waals surface area contributed by atoms with Gasteiger partial charge in [-0.1, -0.05) is 35.3 Å². The maximum Gasteiger partial charge on any atom is 0.262 e. The average molecular weight is 474 g/mol. The van der Waals surface area contributed by atoms with E-state index in [1.807, 2.05) is 0 Å². The molecule has 9 heteroatoms. The number of likely N-dealkylation sites (N-methyl/N-ethyl adjacent to an activating group) is 1. The molecule has 1 saturated carbocycles. The van der Waals surface area contributed by atoms with Gasteiger partial charge in [-0.25, -0.2) is 0 Å². The third kappa shape index (κ3) is 4.23. The van der Waals surface area contributed by atoms with Crippen molar-refractivity contribution < 1.29 is 19.2 Å². The standard InChI is InChI=1S/C23H21Cl2N3O4/c1-12(28-22(31)16-9-18(24)19(25)10-17(16)23(28)32)21(30)27(2)11-13-3-5-14(6-4-13)20(29)26-15-7-8-15/h3-6,9-10,12,15H,7-8,11H2,1-2H3,(H,26,29). The summed E-state index contributed by atoms with van der Waals surface area (Å²) in [6.45, 7) is 1.77. The van der Waals surface area contributed by atoms with E-state index in [2.05, 4.69) is 5.32 Å². The Morgan fingerprint density at radius 1 is 1.06 bits per heavy atom. The van der Waals surface area contributed by atoms with Crippen LogP contribution < -0.4 is 5.32 Å². The number of hydrogen-bond donors (Lipinski definition) is 1. The summed E-state index contributed by atoms with van der Waals surface area (Å²) < 4.78 is 0. The van der Waals surface area contributed by atoms with Crippen molar-refractivity contribution >= 4 is 46.8 Å². The van der Waals surface area contributed by atoms with E-state index < -0.39 is 23.8 Å². The third-order valence-corrected chi connectivity index (χ3v) is 6.35. The van der Waals surface area contributed by atoms with Crippen molar-refractivity contribution in [2.45, 2.75) is 38.4 Å². The summed E-state index contributed by atoms with van der Waals surface area (Å²) in [6.07, 6.45) is 2.03. The van der Waals surface area contributed by atoms with Crippen LogP contribution in [0.3, 0.4) is 0 Å². The monoisotopic (exact) mass is 473 g/mol. The first-order valence-corrected chi connectivity index (χ1v) is 10.9. The van der Waals surface area contributed by atoms with Gasteiger partial charge >= 0.3 is 0 Å². The highest BCUT2D eigenvalue weighted by atomic mass is 35.5. The molecule has 2 aromatic rings. The Kier molecular flexibility index (Phi) is 5.97. The van der Waals surface area contributed by atoms with Gasteiger partial charge in [-0.2, -0.15) is 0 Å². The van der Waals surface area contributed by atoms with E-state index in [1.54, 1.807) is 31.3 Å². The molecule has 0 spiro atoms. The van der Waals surface area contributed by atoms with Gasteiger partial charge in [-0.05, 0) is 49.6 Å². The van der Waals surface area contributed by atoms with Crippen molar-refractivity contribution in [1.29, 1.82) is 0 Å². The minimum atomic E-state index is -1.01. The average Bonchev–Trinajstić information content (AvgIpc) is 3.55. The van der Waals surface area contributed by atoms with Gasteiger partial charge in [0.05, 0.1) is 21.2 Å². The molecule has 4 rings (SSSR count). The van der Waals surface area contributed by atoms with Crippen LogP contribution in [0, 0.1) is 0 Å². The van der Waals surface area contributed by atoms with Crippen molar-refractivity contribution in [3.8, 4) is 0 Å². The first-order chi connectivity index (χ1) is 15.2. The Morgan fingerprint density at radius 2 is 1.59 bits per heavy atom. The molecule has 166 valence electrons. The molecule has 0 saturated heterocycles. The van der Waals surface area contributed by atoms with Crippen molar-refractivity contribution in [3.05, 3.63) is 68.7 Å². The number of nitrogens with zero attached hydrogens (tertiary/aromatic N) is 2. The lowest BCUT2D eigenvalue weighted by molar-refractivity contribution is -0.134. The highest BCUT2D eigenvalue weighted by Gasteiger charge is 2.42. The van der Waals surface area contributed by atoms with E-state index in [4.69, 9.17) is 23.2 Å². The molecule has 2 aliphatic rings. The minimum absolute atomic E-state index is 0.108. The van der Waals surface area contributed by atoms with E-state index in [0.29, 0.717) is 5.56 Å². The largest absolute Gasteiger partial charge is 0.349 e.